The summed E-state index contributed by atoms with van der Waals surface area (Å²) in [6.45, 7) is 3.84. The number of nitrogens with zero attached hydrogens (tertiary/aromatic N) is 1. The van der Waals surface area contributed by atoms with Crippen LogP contribution in [-0.4, -0.2) is 6.10 Å². The number of rotatable bonds is 3. The van der Waals surface area contributed by atoms with Gasteiger partial charge in [0.2, 0.25) is 0 Å². The van der Waals surface area contributed by atoms with Gasteiger partial charge in [0.1, 0.15) is 0 Å². The van der Waals surface area contributed by atoms with Crippen molar-refractivity contribution in [3.8, 4) is 6.07 Å². The predicted octanol–water partition coefficient (Wildman–Crippen LogP) is 3.44. The van der Waals surface area contributed by atoms with Crippen molar-refractivity contribution in [2.75, 3.05) is 0 Å². The summed E-state index contributed by atoms with van der Waals surface area (Å²) in [5.41, 5.74) is 0.878. The number of halogens is 1. The topological polar surface area (TPSA) is 33.0 Å². The third-order valence-corrected chi connectivity index (χ3v) is 2.44. The van der Waals surface area contributed by atoms with Crippen LogP contribution in [0.5, 0.6) is 0 Å². The van der Waals surface area contributed by atoms with E-state index in [4.69, 9.17) is 10.00 Å². The average molecular weight is 254 g/mol. The van der Waals surface area contributed by atoms with Crippen molar-refractivity contribution in [1.29, 1.82) is 5.26 Å². The van der Waals surface area contributed by atoms with E-state index in [1.54, 1.807) is 0 Å². The summed E-state index contributed by atoms with van der Waals surface area (Å²) in [5, 5.41) is 8.96. The summed E-state index contributed by atoms with van der Waals surface area (Å²) in [6.07, 6.45) is -0.447. The Kier molecular flexibility index (Phi) is 4.12. The molecule has 0 heterocycles. The van der Waals surface area contributed by atoms with Gasteiger partial charge in [0.05, 0.1) is 12.2 Å². The highest BCUT2D eigenvalue weighted by atomic mass is 79.9. The van der Waals surface area contributed by atoms with Gasteiger partial charge in [-0.25, -0.2) is 0 Å². The Morgan fingerprint density at radius 1 is 1.36 bits per heavy atom. The van der Waals surface area contributed by atoms with E-state index in [9.17, 15) is 0 Å². The third kappa shape index (κ3) is 2.83. The van der Waals surface area contributed by atoms with Gasteiger partial charge in [0.25, 0.3) is 0 Å². The smallest absolute Gasteiger partial charge is 0.170 e. The van der Waals surface area contributed by atoms with Crippen LogP contribution >= 0.6 is 15.9 Å². The van der Waals surface area contributed by atoms with Gasteiger partial charge in [0, 0.05) is 10.0 Å². The monoisotopic (exact) mass is 253 g/mol. The van der Waals surface area contributed by atoms with Crippen LogP contribution in [0.25, 0.3) is 0 Å². The molecular formula is C11H12BrNO. The molecule has 1 aromatic carbocycles. The molecular weight excluding hydrogens is 242 g/mol. The Balaban J connectivity index is 2.91. The first-order valence-electron chi connectivity index (χ1n) is 4.44. The zero-order valence-corrected chi connectivity index (χ0v) is 9.78. The van der Waals surface area contributed by atoms with Crippen molar-refractivity contribution >= 4 is 15.9 Å². The van der Waals surface area contributed by atoms with Gasteiger partial charge in [-0.15, -0.1) is 0 Å². The second-order valence-electron chi connectivity index (χ2n) is 3.22. The van der Waals surface area contributed by atoms with Crippen molar-refractivity contribution in [3.63, 3.8) is 0 Å². The Hall–Kier alpha value is -0.850. The van der Waals surface area contributed by atoms with Gasteiger partial charge in [0.15, 0.2) is 6.10 Å². The lowest BCUT2D eigenvalue weighted by Gasteiger charge is -2.15. The number of hydrogen-bond acceptors (Lipinski definition) is 2. The van der Waals surface area contributed by atoms with Gasteiger partial charge in [-0.2, -0.15) is 5.26 Å². The van der Waals surface area contributed by atoms with Crippen molar-refractivity contribution in [2.24, 2.45) is 0 Å². The van der Waals surface area contributed by atoms with E-state index < -0.39 is 6.10 Å². The van der Waals surface area contributed by atoms with Crippen LogP contribution in [0.4, 0.5) is 0 Å². The molecule has 0 aromatic heterocycles. The first-order valence-corrected chi connectivity index (χ1v) is 5.24. The number of benzene rings is 1. The van der Waals surface area contributed by atoms with Gasteiger partial charge < -0.3 is 4.74 Å². The second-order valence-corrected chi connectivity index (χ2v) is 4.07. The van der Waals surface area contributed by atoms with E-state index in [0.717, 1.165) is 10.0 Å². The first-order chi connectivity index (χ1) is 6.65. The molecule has 74 valence electrons. The molecule has 2 nitrogen and oxygen atoms in total. The minimum atomic E-state index is -0.495. The first kappa shape index (κ1) is 11.2. The minimum Gasteiger partial charge on any atom is -0.356 e. The normalized spacial score (nSPS) is 12.5. The van der Waals surface area contributed by atoms with Crippen LogP contribution in [-0.2, 0) is 4.74 Å². The van der Waals surface area contributed by atoms with E-state index in [1.807, 2.05) is 38.1 Å². The molecule has 0 aliphatic carbocycles. The minimum absolute atomic E-state index is 0.0479. The maximum absolute atomic E-state index is 8.96. The van der Waals surface area contributed by atoms with Crippen molar-refractivity contribution < 1.29 is 4.74 Å². The highest BCUT2D eigenvalue weighted by molar-refractivity contribution is 9.10. The van der Waals surface area contributed by atoms with Gasteiger partial charge in [-0.05, 0) is 19.9 Å². The number of nitriles is 1. The Labute approximate surface area is 92.6 Å². The highest BCUT2D eigenvalue weighted by Gasteiger charge is 2.14. The SMILES string of the molecule is CC(C)OC(C#N)c1ccccc1Br. The molecule has 1 unspecified atom stereocenters. The fourth-order valence-electron chi connectivity index (χ4n) is 1.13. The molecule has 0 radical (unpaired) electrons. The van der Waals surface area contributed by atoms with Crippen LogP contribution in [0.2, 0.25) is 0 Å². The van der Waals surface area contributed by atoms with Crippen molar-refractivity contribution in [2.45, 2.75) is 26.1 Å². The summed E-state index contributed by atoms with van der Waals surface area (Å²) < 4.78 is 6.38. The highest BCUT2D eigenvalue weighted by Crippen LogP contribution is 2.26. The van der Waals surface area contributed by atoms with E-state index in [0.29, 0.717) is 0 Å². The molecule has 1 rings (SSSR count). The van der Waals surface area contributed by atoms with E-state index in [-0.39, 0.29) is 6.10 Å². The van der Waals surface area contributed by atoms with Crippen molar-refractivity contribution in [1.82, 2.24) is 0 Å². The standard InChI is InChI=1S/C11H12BrNO/c1-8(2)14-11(7-13)9-5-3-4-6-10(9)12/h3-6,8,11H,1-2H3. The van der Waals surface area contributed by atoms with Crippen LogP contribution in [0.3, 0.4) is 0 Å². The molecule has 0 saturated heterocycles. The number of ether oxygens (including phenoxy) is 1. The van der Waals surface area contributed by atoms with Gasteiger partial charge in [-0.3, -0.25) is 0 Å². The fourth-order valence-corrected chi connectivity index (χ4v) is 1.63. The van der Waals surface area contributed by atoms with E-state index in [1.165, 1.54) is 0 Å². The van der Waals surface area contributed by atoms with Crippen molar-refractivity contribution in [3.05, 3.63) is 34.3 Å². The summed E-state index contributed by atoms with van der Waals surface area (Å²) in [5.74, 6) is 0. The molecule has 1 atom stereocenters. The summed E-state index contributed by atoms with van der Waals surface area (Å²) in [4.78, 5) is 0. The summed E-state index contributed by atoms with van der Waals surface area (Å²) in [6, 6.07) is 9.74. The van der Waals surface area contributed by atoms with E-state index >= 15 is 0 Å². The molecule has 0 aliphatic rings. The van der Waals surface area contributed by atoms with Crippen LogP contribution in [0.15, 0.2) is 28.7 Å². The van der Waals surface area contributed by atoms with Gasteiger partial charge >= 0.3 is 0 Å². The molecule has 0 aliphatic heterocycles. The molecule has 0 fully saturated rings. The molecule has 0 saturated carbocycles. The predicted molar refractivity (Wildman–Crippen MR) is 58.7 cm³/mol. The summed E-state index contributed by atoms with van der Waals surface area (Å²) >= 11 is 3.40. The third-order valence-electron chi connectivity index (χ3n) is 1.71. The molecule has 0 bridgehead atoms. The summed E-state index contributed by atoms with van der Waals surface area (Å²) in [7, 11) is 0. The Morgan fingerprint density at radius 2 is 2.00 bits per heavy atom. The zero-order chi connectivity index (χ0) is 10.6. The maximum atomic E-state index is 8.96. The van der Waals surface area contributed by atoms with Gasteiger partial charge in [-0.1, -0.05) is 34.1 Å². The molecule has 14 heavy (non-hydrogen) atoms. The lowest BCUT2D eigenvalue weighted by molar-refractivity contribution is 0.0388. The molecule has 0 N–H and O–H groups in total. The molecule has 3 heteroatoms. The lowest BCUT2D eigenvalue weighted by Crippen LogP contribution is -2.09. The molecule has 0 amide bonds. The average Bonchev–Trinajstić information content (AvgIpc) is 2.15. The van der Waals surface area contributed by atoms with E-state index in [2.05, 4.69) is 22.0 Å². The van der Waals surface area contributed by atoms with Crippen LogP contribution in [0.1, 0.15) is 25.5 Å². The Morgan fingerprint density at radius 3 is 2.50 bits per heavy atom. The zero-order valence-electron chi connectivity index (χ0n) is 8.20. The number of hydrogen-bond donors (Lipinski definition) is 0. The largest absolute Gasteiger partial charge is 0.356 e. The quantitative estimate of drug-likeness (QED) is 0.827. The maximum Gasteiger partial charge on any atom is 0.170 e. The molecule has 1 aromatic rings. The lowest BCUT2D eigenvalue weighted by atomic mass is 10.1. The second kappa shape index (κ2) is 5.14. The van der Waals surface area contributed by atoms with Crippen LogP contribution < -0.4 is 0 Å². The molecule has 0 spiro atoms. The Bertz CT molecular complexity index is 343. The van der Waals surface area contributed by atoms with Crippen LogP contribution in [0, 0.1) is 11.3 Å². The fraction of sp³-hybridized carbons (Fsp3) is 0.364.